The molecule has 5 heteroatoms. The van der Waals surface area contributed by atoms with E-state index in [4.69, 9.17) is 10.5 Å². The first-order valence-electron chi connectivity index (χ1n) is 7.68. The van der Waals surface area contributed by atoms with Crippen LogP contribution in [0.25, 0.3) is 0 Å². The van der Waals surface area contributed by atoms with E-state index in [1.807, 2.05) is 30.3 Å². The number of fused-ring (bicyclic) bond motifs is 1. The zero-order valence-corrected chi connectivity index (χ0v) is 12.7. The molecule has 0 saturated carbocycles. The third-order valence-electron chi connectivity index (χ3n) is 3.92. The highest BCUT2D eigenvalue weighted by molar-refractivity contribution is 5.95. The third-order valence-corrected chi connectivity index (χ3v) is 3.92. The van der Waals surface area contributed by atoms with Crippen molar-refractivity contribution >= 4 is 11.6 Å². The normalized spacial score (nSPS) is 15.3. The van der Waals surface area contributed by atoms with Gasteiger partial charge in [0.25, 0.3) is 0 Å². The summed E-state index contributed by atoms with van der Waals surface area (Å²) in [6, 6.07) is 13.3. The SMILES string of the molecule is NC(CC(=O)N1CCCOc2ccc(F)cc21)c1ccccc1. The molecule has 0 aromatic heterocycles. The molecular formula is C18H19FN2O2. The Morgan fingerprint density at radius 1 is 1.26 bits per heavy atom. The number of amides is 1. The van der Waals surface area contributed by atoms with Crippen molar-refractivity contribution in [2.45, 2.75) is 18.9 Å². The van der Waals surface area contributed by atoms with Crippen LogP contribution in [-0.4, -0.2) is 19.1 Å². The summed E-state index contributed by atoms with van der Waals surface area (Å²) in [6.07, 6.45) is 0.864. The van der Waals surface area contributed by atoms with E-state index in [0.29, 0.717) is 31.0 Å². The fraction of sp³-hybridized carbons (Fsp3) is 0.278. The monoisotopic (exact) mass is 314 g/mol. The van der Waals surface area contributed by atoms with Gasteiger partial charge in [-0.05, 0) is 24.1 Å². The largest absolute Gasteiger partial charge is 0.491 e. The van der Waals surface area contributed by atoms with Gasteiger partial charge in [0.15, 0.2) is 0 Å². The maximum Gasteiger partial charge on any atom is 0.229 e. The summed E-state index contributed by atoms with van der Waals surface area (Å²) < 4.78 is 19.2. The first-order valence-corrected chi connectivity index (χ1v) is 7.68. The molecule has 23 heavy (non-hydrogen) atoms. The van der Waals surface area contributed by atoms with Crippen LogP contribution in [0.2, 0.25) is 0 Å². The summed E-state index contributed by atoms with van der Waals surface area (Å²) in [5, 5.41) is 0. The Balaban J connectivity index is 1.81. The Morgan fingerprint density at radius 2 is 2.04 bits per heavy atom. The minimum Gasteiger partial charge on any atom is -0.491 e. The highest BCUT2D eigenvalue weighted by Crippen LogP contribution is 2.32. The summed E-state index contributed by atoms with van der Waals surface area (Å²) >= 11 is 0. The number of hydrogen-bond acceptors (Lipinski definition) is 3. The molecule has 0 spiro atoms. The number of halogens is 1. The van der Waals surface area contributed by atoms with Crippen molar-refractivity contribution in [3.8, 4) is 5.75 Å². The molecule has 0 radical (unpaired) electrons. The number of carbonyl (C=O) groups excluding carboxylic acids is 1. The number of carbonyl (C=O) groups is 1. The van der Waals surface area contributed by atoms with Crippen LogP contribution in [0.15, 0.2) is 48.5 Å². The van der Waals surface area contributed by atoms with Crippen LogP contribution >= 0.6 is 0 Å². The minimum absolute atomic E-state index is 0.126. The van der Waals surface area contributed by atoms with Gasteiger partial charge in [0.2, 0.25) is 5.91 Å². The zero-order valence-electron chi connectivity index (χ0n) is 12.7. The van der Waals surface area contributed by atoms with Gasteiger partial charge in [-0.2, -0.15) is 0 Å². The van der Waals surface area contributed by atoms with Crippen LogP contribution in [0, 0.1) is 5.82 Å². The molecule has 2 aromatic rings. The number of anilines is 1. The maximum atomic E-state index is 13.6. The lowest BCUT2D eigenvalue weighted by Crippen LogP contribution is -2.34. The van der Waals surface area contributed by atoms with Crippen LogP contribution < -0.4 is 15.4 Å². The number of rotatable bonds is 3. The number of ether oxygens (including phenoxy) is 1. The van der Waals surface area contributed by atoms with Gasteiger partial charge in [0.1, 0.15) is 11.6 Å². The second-order valence-corrected chi connectivity index (χ2v) is 5.58. The van der Waals surface area contributed by atoms with Crippen molar-refractivity contribution in [1.82, 2.24) is 0 Å². The first-order chi connectivity index (χ1) is 11.1. The van der Waals surface area contributed by atoms with Crippen LogP contribution in [-0.2, 0) is 4.79 Å². The van der Waals surface area contributed by atoms with E-state index >= 15 is 0 Å². The molecule has 1 aliphatic heterocycles. The molecule has 4 nitrogen and oxygen atoms in total. The molecule has 120 valence electrons. The molecule has 1 aliphatic rings. The molecule has 0 fully saturated rings. The van der Waals surface area contributed by atoms with Crippen LogP contribution in [0.1, 0.15) is 24.4 Å². The van der Waals surface area contributed by atoms with Gasteiger partial charge < -0.3 is 15.4 Å². The van der Waals surface area contributed by atoms with E-state index < -0.39 is 0 Å². The fourth-order valence-corrected chi connectivity index (χ4v) is 2.72. The Kier molecular flexibility index (Phi) is 4.57. The van der Waals surface area contributed by atoms with Gasteiger partial charge in [-0.1, -0.05) is 30.3 Å². The van der Waals surface area contributed by atoms with Gasteiger partial charge in [-0.3, -0.25) is 4.79 Å². The van der Waals surface area contributed by atoms with Crippen LogP contribution in [0.3, 0.4) is 0 Å². The third kappa shape index (κ3) is 3.51. The molecular weight excluding hydrogens is 295 g/mol. The average Bonchev–Trinajstić information content (AvgIpc) is 2.77. The number of hydrogen-bond donors (Lipinski definition) is 1. The topological polar surface area (TPSA) is 55.6 Å². The number of benzene rings is 2. The molecule has 1 amide bonds. The minimum atomic E-state index is -0.389. The van der Waals surface area contributed by atoms with Crippen molar-refractivity contribution in [3.63, 3.8) is 0 Å². The average molecular weight is 314 g/mol. The first kappa shape index (κ1) is 15.5. The smallest absolute Gasteiger partial charge is 0.229 e. The lowest BCUT2D eigenvalue weighted by Gasteiger charge is -2.23. The van der Waals surface area contributed by atoms with E-state index in [1.165, 1.54) is 12.1 Å². The highest BCUT2D eigenvalue weighted by Gasteiger charge is 2.24. The summed E-state index contributed by atoms with van der Waals surface area (Å²) in [4.78, 5) is 14.3. The second kappa shape index (κ2) is 6.79. The van der Waals surface area contributed by atoms with Crippen LogP contribution in [0.5, 0.6) is 5.75 Å². The molecule has 1 atom stereocenters. The predicted molar refractivity (Wildman–Crippen MR) is 86.9 cm³/mol. The van der Waals surface area contributed by atoms with Crippen molar-refractivity contribution in [2.24, 2.45) is 5.73 Å². The van der Waals surface area contributed by atoms with Gasteiger partial charge in [0.05, 0.1) is 12.3 Å². The number of nitrogens with two attached hydrogens (primary N) is 1. The van der Waals surface area contributed by atoms with Crippen molar-refractivity contribution in [3.05, 3.63) is 59.9 Å². The molecule has 0 bridgehead atoms. The van der Waals surface area contributed by atoms with Gasteiger partial charge in [-0.25, -0.2) is 4.39 Å². The highest BCUT2D eigenvalue weighted by atomic mass is 19.1. The molecule has 0 saturated heterocycles. The van der Waals surface area contributed by atoms with Gasteiger partial charge >= 0.3 is 0 Å². The van der Waals surface area contributed by atoms with E-state index in [0.717, 1.165) is 5.56 Å². The fourth-order valence-electron chi connectivity index (χ4n) is 2.72. The molecule has 0 aliphatic carbocycles. The zero-order chi connectivity index (χ0) is 16.2. The van der Waals surface area contributed by atoms with Crippen molar-refractivity contribution in [2.75, 3.05) is 18.1 Å². The Hall–Kier alpha value is -2.40. The molecule has 2 aromatic carbocycles. The summed E-state index contributed by atoms with van der Waals surface area (Å²) in [7, 11) is 0. The second-order valence-electron chi connectivity index (χ2n) is 5.58. The van der Waals surface area contributed by atoms with E-state index in [1.54, 1.807) is 11.0 Å². The van der Waals surface area contributed by atoms with Crippen LogP contribution in [0.4, 0.5) is 10.1 Å². The van der Waals surface area contributed by atoms with Gasteiger partial charge in [-0.15, -0.1) is 0 Å². The van der Waals surface area contributed by atoms with E-state index in [2.05, 4.69) is 0 Å². The lowest BCUT2D eigenvalue weighted by atomic mass is 10.0. The van der Waals surface area contributed by atoms with Crippen molar-refractivity contribution in [1.29, 1.82) is 0 Å². The molecule has 1 unspecified atom stereocenters. The molecule has 3 rings (SSSR count). The summed E-state index contributed by atoms with van der Waals surface area (Å²) in [5.41, 5.74) is 7.53. The molecule has 2 N–H and O–H groups in total. The lowest BCUT2D eigenvalue weighted by molar-refractivity contribution is -0.119. The quantitative estimate of drug-likeness (QED) is 0.947. The van der Waals surface area contributed by atoms with Crippen molar-refractivity contribution < 1.29 is 13.9 Å². The number of nitrogens with zero attached hydrogens (tertiary/aromatic N) is 1. The Bertz CT molecular complexity index is 691. The summed E-state index contributed by atoms with van der Waals surface area (Å²) in [5.74, 6) is 0.0173. The summed E-state index contributed by atoms with van der Waals surface area (Å²) in [6.45, 7) is 1.00. The molecule has 1 heterocycles. The standard InChI is InChI=1S/C18H19FN2O2/c19-14-7-8-17-16(11-14)21(9-4-10-23-17)18(22)12-15(20)13-5-2-1-3-6-13/h1-3,5-8,11,15H,4,9-10,12,20H2. The Morgan fingerprint density at radius 3 is 2.83 bits per heavy atom. The van der Waals surface area contributed by atoms with E-state index in [-0.39, 0.29) is 24.2 Å². The van der Waals surface area contributed by atoms with E-state index in [9.17, 15) is 9.18 Å². The van der Waals surface area contributed by atoms with Gasteiger partial charge in [0, 0.05) is 25.1 Å². The maximum absolute atomic E-state index is 13.6. The Labute approximate surface area is 134 Å². The predicted octanol–water partition coefficient (Wildman–Crippen LogP) is 3.03.